The average Bonchev–Trinajstić information content (AvgIpc) is 2.44. The van der Waals surface area contributed by atoms with Crippen LogP contribution in [0, 0.1) is 0 Å². The van der Waals surface area contributed by atoms with Gasteiger partial charge in [0.25, 0.3) is 0 Å². The first-order chi connectivity index (χ1) is 9.69. The van der Waals surface area contributed by atoms with Gasteiger partial charge in [0.05, 0.1) is 6.61 Å². The van der Waals surface area contributed by atoms with Gasteiger partial charge in [-0.15, -0.1) is 0 Å². The van der Waals surface area contributed by atoms with Crippen molar-refractivity contribution in [2.75, 3.05) is 11.9 Å². The fraction of sp³-hybridized carbons (Fsp3) is 0.267. The van der Waals surface area contributed by atoms with E-state index in [0.29, 0.717) is 11.7 Å². The molecule has 20 heavy (non-hydrogen) atoms. The molecule has 0 radical (unpaired) electrons. The van der Waals surface area contributed by atoms with Gasteiger partial charge >= 0.3 is 0 Å². The molecule has 0 atom stereocenters. The van der Waals surface area contributed by atoms with E-state index in [4.69, 9.17) is 16.3 Å². The highest BCUT2D eigenvalue weighted by atomic mass is 79.9. The number of hydrogen-bond donors (Lipinski definition) is 1. The first-order valence-corrected chi connectivity index (χ1v) is 7.63. The molecule has 1 aromatic heterocycles. The van der Waals surface area contributed by atoms with Crippen molar-refractivity contribution in [2.45, 2.75) is 19.9 Å². The van der Waals surface area contributed by atoms with Gasteiger partial charge in [0.1, 0.15) is 10.9 Å². The van der Waals surface area contributed by atoms with E-state index in [0.717, 1.165) is 34.5 Å². The first-order valence-electron chi connectivity index (χ1n) is 6.45. The van der Waals surface area contributed by atoms with Crippen molar-refractivity contribution in [3.8, 4) is 5.75 Å². The van der Waals surface area contributed by atoms with Crippen LogP contribution in [0.15, 0.2) is 41.0 Å². The van der Waals surface area contributed by atoms with Crippen molar-refractivity contribution in [1.29, 1.82) is 0 Å². The molecule has 3 nitrogen and oxygen atoms in total. The normalized spacial score (nSPS) is 10.3. The Morgan fingerprint density at radius 3 is 2.90 bits per heavy atom. The van der Waals surface area contributed by atoms with E-state index in [9.17, 15) is 0 Å². The highest BCUT2D eigenvalue weighted by molar-refractivity contribution is 9.10. The number of pyridine rings is 1. The van der Waals surface area contributed by atoms with Crippen LogP contribution in [0.25, 0.3) is 0 Å². The Morgan fingerprint density at radius 2 is 2.15 bits per heavy atom. The maximum atomic E-state index is 5.87. The van der Waals surface area contributed by atoms with Gasteiger partial charge in [-0.2, -0.15) is 0 Å². The van der Waals surface area contributed by atoms with Crippen molar-refractivity contribution >= 4 is 33.2 Å². The van der Waals surface area contributed by atoms with E-state index in [1.54, 1.807) is 12.3 Å². The lowest BCUT2D eigenvalue weighted by Crippen LogP contribution is -2.04. The molecule has 2 rings (SSSR count). The minimum absolute atomic E-state index is 0.478. The van der Waals surface area contributed by atoms with Crippen LogP contribution in [0.3, 0.4) is 0 Å². The van der Waals surface area contributed by atoms with Crippen LogP contribution in [-0.2, 0) is 6.54 Å². The maximum absolute atomic E-state index is 5.87. The summed E-state index contributed by atoms with van der Waals surface area (Å²) < 4.78 is 6.79. The van der Waals surface area contributed by atoms with Crippen molar-refractivity contribution < 1.29 is 4.74 Å². The second-order valence-corrected chi connectivity index (χ2v) is 5.62. The van der Waals surface area contributed by atoms with Crippen LogP contribution >= 0.6 is 27.5 Å². The number of halogens is 2. The van der Waals surface area contributed by atoms with Crippen LogP contribution in [0.1, 0.15) is 18.9 Å². The second-order valence-electron chi connectivity index (χ2n) is 4.32. The van der Waals surface area contributed by atoms with E-state index in [1.807, 2.05) is 18.2 Å². The predicted octanol–water partition coefficient (Wildman–Crippen LogP) is 4.90. The Balaban J connectivity index is 2.09. The molecule has 0 spiro atoms. The summed E-state index contributed by atoms with van der Waals surface area (Å²) in [4.78, 5) is 3.96. The van der Waals surface area contributed by atoms with Gasteiger partial charge in [0.15, 0.2) is 0 Å². The van der Waals surface area contributed by atoms with Gasteiger partial charge in [-0.25, -0.2) is 4.98 Å². The molecule has 0 aliphatic heterocycles. The number of ether oxygens (including phenoxy) is 1. The summed E-state index contributed by atoms with van der Waals surface area (Å²) in [5.41, 5.74) is 2.03. The molecular weight excluding hydrogens is 340 g/mol. The van der Waals surface area contributed by atoms with E-state index in [2.05, 4.69) is 39.2 Å². The minimum Gasteiger partial charge on any atom is -0.493 e. The Morgan fingerprint density at radius 1 is 1.30 bits per heavy atom. The smallest absolute Gasteiger partial charge is 0.131 e. The predicted molar refractivity (Wildman–Crippen MR) is 86.5 cm³/mol. The third-order valence-electron chi connectivity index (χ3n) is 2.69. The lowest BCUT2D eigenvalue weighted by Gasteiger charge is -2.13. The van der Waals surface area contributed by atoms with E-state index in [-0.39, 0.29) is 0 Å². The standard InChI is InChI=1S/C15H16BrClN2O/c1-2-7-20-14-4-3-12(16)8-11(14)10-19-13-5-6-18-15(17)9-13/h3-6,8-9H,2,7,10H2,1H3,(H,18,19). The summed E-state index contributed by atoms with van der Waals surface area (Å²) in [6, 6.07) is 9.71. The fourth-order valence-electron chi connectivity index (χ4n) is 1.75. The summed E-state index contributed by atoms with van der Waals surface area (Å²) in [6.45, 7) is 3.48. The molecule has 0 aliphatic rings. The molecule has 0 fully saturated rings. The van der Waals surface area contributed by atoms with E-state index >= 15 is 0 Å². The number of aromatic nitrogens is 1. The number of benzene rings is 1. The largest absolute Gasteiger partial charge is 0.493 e. The zero-order chi connectivity index (χ0) is 14.4. The number of nitrogens with zero attached hydrogens (tertiary/aromatic N) is 1. The first kappa shape index (κ1) is 15.1. The van der Waals surface area contributed by atoms with E-state index in [1.165, 1.54) is 0 Å². The lowest BCUT2D eigenvalue weighted by molar-refractivity contribution is 0.314. The third-order valence-corrected chi connectivity index (χ3v) is 3.39. The molecule has 106 valence electrons. The summed E-state index contributed by atoms with van der Waals surface area (Å²) in [6.07, 6.45) is 2.67. The number of hydrogen-bond acceptors (Lipinski definition) is 3. The average molecular weight is 356 g/mol. The molecule has 0 amide bonds. The van der Waals surface area contributed by atoms with Crippen molar-refractivity contribution in [2.24, 2.45) is 0 Å². The van der Waals surface area contributed by atoms with Crippen LogP contribution in [0.4, 0.5) is 5.69 Å². The fourth-order valence-corrected chi connectivity index (χ4v) is 2.33. The van der Waals surface area contributed by atoms with Gasteiger partial charge in [0, 0.05) is 28.5 Å². The van der Waals surface area contributed by atoms with Gasteiger partial charge in [-0.05, 0) is 36.8 Å². The molecule has 5 heteroatoms. The zero-order valence-electron chi connectivity index (χ0n) is 11.2. The van der Waals surface area contributed by atoms with Crippen LogP contribution in [0.5, 0.6) is 5.75 Å². The van der Waals surface area contributed by atoms with E-state index < -0.39 is 0 Å². The molecule has 0 saturated heterocycles. The molecule has 0 aliphatic carbocycles. The highest BCUT2D eigenvalue weighted by Gasteiger charge is 2.05. The van der Waals surface area contributed by atoms with Gasteiger partial charge < -0.3 is 10.1 Å². The second kappa shape index (κ2) is 7.50. The number of nitrogens with one attached hydrogen (secondary N) is 1. The van der Waals surface area contributed by atoms with Crippen LogP contribution in [0.2, 0.25) is 5.15 Å². The Labute approximate surface area is 132 Å². The number of anilines is 1. The van der Waals surface area contributed by atoms with Crippen molar-refractivity contribution in [3.05, 3.63) is 51.7 Å². The molecule has 1 aromatic carbocycles. The Kier molecular flexibility index (Phi) is 5.68. The summed E-state index contributed by atoms with van der Waals surface area (Å²) in [5, 5.41) is 3.80. The summed E-state index contributed by atoms with van der Waals surface area (Å²) >= 11 is 9.36. The minimum atomic E-state index is 0.478. The Hall–Kier alpha value is -1.26. The maximum Gasteiger partial charge on any atom is 0.131 e. The zero-order valence-corrected chi connectivity index (χ0v) is 13.5. The molecule has 1 heterocycles. The van der Waals surface area contributed by atoms with Crippen LogP contribution < -0.4 is 10.1 Å². The highest BCUT2D eigenvalue weighted by Crippen LogP contribution is 2.24. The lowest BCUT2D eigenvalue weighted by atomic mass is 10.2. The van der Waals surface area contributed by atoms with Crippen molar-refractivity contribution in [1.82, 2.24) is 4.98 Å². The van der Waals surface area contributed by atoms with Gasteiger partial charge in [0.2, 0.25) is 0 Å². The van der Waals surface area contributed by atoms with Gasteiger partial charge in [-0.3, -0.25) is 0 Å². The Bertz CT molecular complexity index is 578. The summed E-state index contributed by atoms with van der Waals surface area (Å²) in [7, 11) is 0. The quantitative estimate of drug-likeness (QED) is 0.748. The molecule has 0 unspecified atom stereocenters. The third kappa shape index (κ3) is 4.39. The SMILES string of the molecule is CCCOc1ccc(Br)cc1CNc1ccnc(Cl)c1. The topological polar surface area (TPSA) is 34.1 Å². The summed E-state index contributed by atoms with van der Waals surface area (Å²) in [5.74, 6) is 0.905. The monoisotopic (exact) mass is 354 g/mol. The van der Waals surface area contributed by atoms with Crippen LogP contribution in [-0.4, -0.2) is 11.6 Å². The molecule has 0 saturated carbocycles. The molecule has 2 aromatic rings. The van der Waals surface area contributed by atoms with Gasteiger partial charge in [-0.1, -0.05) is 34.5 Å². The molecule has 1 N–H and O–H groups in total. The molecule has 0 bridgehead atoms. The number of rotatable bonds is 6. The van der Waals surface area contributed by atoms with Crippen molar-refractivity contribution in [3.63, 3.8) is 0 Å². The molecular formula is C15H16BrClN2O.